The van der Waals surface area contributed by atoms with Crippen LogP contribution in [0, 0.1) is 0 Å². The van der Waals surface area contributed by atoms with E-state index in [1.807, 2.05) is 42.5 Å². The monoisotopic (exact) mass is 363 g/mol. The molecule has 0 fully saturated rings. The zero-order valence-corrected chi connectivity index (χ0v) is 15.0. The number of nitrogens with zero attached hydrogens (tertiary/aromatic N) is 2. The van der Waals surface area contributed by atoms with Crippen molar-refractivity contribution in [2.24, 2.45) is 0 Å². The first kappa shape index (κ1) is 17.3. The zero-order chi connectivity index (χ0) is 18.5. The molecule has 1 aliphatic rings. The van der Waals surface area contributed by atoms with Crippen molar-refractivity contribution in [2.45, 2.75) is 32.2 Å². The summed E-state index contributed by atoms with van der Waals surface area (Å²) in [6.07, 6.45) is 4.67. The lowest BCUT2D eigenvalue weighted by Crippen LogP contribution is -2.28. The number of amides is 1. The second-order valence-electron chi connectivity index (χ2n) is 6.58. The summed E-state index contributed by atoms with van der Waals surface area (Å²) in [7, 11) is 0. The van der Waals surface area contributed by atoms with Gasteiger partial charge in [-0.05, 0) is 48.9 Å². The molecule has 1 heterocycles. The Morgan fingerprint density at radius 2 is 1.89 bits per heavy atom. The molecule has 27 heavy (non-hydrogen) atoms. The number of carbonyl (C=O) groups is 1. The molecule has 1 N–H and O–H groups in total. The lowest BCUT2D eigenvalue weighted by Gasteiger charge is -2.16. The first-order valence-electron chi connectivity index (χ1n) is 9.17. The molecule has 1 aliphatic carbocycles. The summed E-state index contributed by atoms with van der Waals surface area (Å²) >= 11 is 0. The Morgan fingerprint density at radius 3 is 2.74 bits per heavy atom. The molecule has 0 saturated heterocycles. The van der Waals surface area contributed by atoms with E-state index >= 15 is 0 Å². The summed E-state index contributed by atoms with van der Waals surface area (Å²) in [6, 6.07) is 15.6. The Balaban J connectivity index is 1.27. The van der Waals surface area contributed by atoms with E-state index in [9.17, 15) is 4.79 Å². The van der Waals surface area contributed by atoms with Gasteiger partial charge in [0.05, 0.1) is 6.54 Å². The van der Waals surface area contributed by atoms with Gasteiger partial charge in [0.25, 0.3) is 5.91 Å². The number of aryl methyl sites for hydroxylation is 2. The van der Waals surface area contributed by atoms with Gasteiger partial charge in [-0.2, -0.15) is 4.98 Å². The van der Waals surface area contributed by atoms with E-state index in [0.29, 0.717) is 11.7 Å². The maximum Gasteiger partial charge on any atom is 0.258 e. The number of fused-ring (bicyclic) bond motifs is 1. The molecule has 2 aromatic carbocycles. The summed E-state index contributed by atoms with van der Waals surface area (Å²) in [5.41, 5.74) is 3.59. The molecule has 0 bridgehead atoms. The average molecular weight is 363 g/mol. The summed E-state index contributed by atoms with van der Waals surface area (Å²) in [6.45, 7) is 0.130. The fraction of sp³-hybridized carbons (Fsp3) is 0.286. The summed E-state index contributed by atoms with van der Waals surface area (Å²) in [5, 5.41) is 6.67. The van der Waals surface area contributed by atoms with Crippen LogP contribution >= 0.6 is 0 Å². The van der Waals surface area contributed by atoms with Gasteiger partial charge in [-0.15, -0.1) is 0 Å². The van der Waals surface area contributed by atoms with Crippen molar-refractivity contribution in [1.82, 2.24) is 15.5 Å². The van der Waals surface area contributed by atoms with Crippen LogP contribution in [0.1, 0.15) is 29.9 Å². The molecule has 4 rings (SSSR count). The van der Waals surface area contributed by atoms with Crippen LogP contribution in [-0.2, 0) is 24.2 Å². The van der Waals surface area contributed by atoms with E-state index in [0.717, 1.165) is 24.2 Å². The lowest BCUT2D eigenvalue weighted by atomic mass is 9.92. The molecule has 0 aliphatic heterocycles. The predicted molar refractivity (Wildman–Crippen MR) is 100 cm³/mol. The van der Waals surface area contributed by atoms with Gasteiger partial charge in [0.1, 0.15) is 5.75 Å². The number of hydrogen-bond donors (Lipinski definition) is 1. The van der Waals surface area contributed by atoms with Crippen LogP contribution in [0.4, 0.5) is 0 Å². The number of aromatic nitrogens is 2. The van der Waals surface area contributed by atoms with Crippen molar-refractivity contribution < 1.29 is 14.1 Å². The minimum Gasteiger partial charge on any atom is -0.484 e. The molecule has 3 aromatic rings. The van der Waals surface area contributed by atoms with Gasteiger partial charge in [-0.3, -0.25) is 4.79 Å². The Hall–Kier alpha value is -3.15. The standard InChI is InChI=1S/C21H21N3O3/c25-19(14-26-18-11-10-15-6-4-5-9-17(15)12-18)22-13-20-23-21(24-27-20)16-7-2-1-3-8-16/h1-3,7-8,10-12H,4-6,9,13-14H2,(H,22,25). The molecule has 1 aromatic heterocycles. The van der Waals surface area contributed by atoms with Crippen LogP contribution in [0.5, 0.6) is 5.75 Å². The SMILES string of the molecule is O=C(COc1ccc2c(c1)CCCC2)NCc1nc(-c2ccccc2)no1. The molecule has 138 valence electrons. The van der Waals surface area contributed by atoms with E-state index < -0.39 is 0 Å². The van der Waals surface area contributed by atoms with Crippen LogP contribution < -0.4 is 10.1 Å². The van der Waals surface area contributed by atoms with Crippen LogP contribution in [0.2, 0.25) is 0 Å². The van der Waals surface area contributed by atoms with Crippen molar-refractivity contribution in [3.05, 3.63) is 65.5 Å². The number of hydrogen-bond acceptors (Lipinski definition) is 5. The second-order valence-corrected chi connectivity index (χ2v) is 6.58. The number of rotatable bonds is 6. The van der Waals surface area contributed by atoms with E-state index in [1.54, 1.807) is 0 Å². The van der Waals surface area contributed by atoms with Gasteiger partial charge in [0.15, 0.2) is 6.61 Å². The van der Waals surface area contributed by atoms with Gasteiger partial charge in [-0.1, -0.05) is 41.6 Å². The largest absolute Gasteiger partial charge is 0.484 e. The fourth-order valence-corrected chi connectivity index (χ4v) is 3.20. The molecule has 0 saturated carbocycles. The number of carbonyl (C=O) groups excluding carboxylic acids is 1. The van der Waals surface area contributed by atoms with E-state index in [4.69, 9.17) is 9.26 Å². The Morgan fingerprint density at radius 1 is 1.07 bits per heavy atom. The Labute approximate surface area is 157 Å². The topological polar surface area (TPSA) is 77.2 Å². The minimum atomic E-state index is -0.229. The lowest BCUT2D eigenvalue weighted by molar-refractivity contribution is -0.123. The molecule has 1 amide bonds. The molecule has 0 atom stereocenters. The third-order valence-corrected chi connectivity index (χ3v) is 4.63. The summed E-state index contributed by atoms with van der Waals surface area (Å²) < 4.78 is 10.8. The molecule has 6 nitrogen and oxygen atoms in total. The molecule has 0 spiro atoms. The number of benzene rings is 2. The van der Waals surface area contributed by atoms with E-state index in [-0.39, 0.29) is 19.1 Å². The van der Waals surface area contributed by atoms with Gasteiger partial charge >= 0.3 is 0 Å². The van der Waals surface area contributed by atoms with E-state index in [1.165, 1.54) is 24.0 Å². The first-order valence-corrected chi connectivity index (χ1v) is 9.17. The molecule has 0 radical (unpaired) electrons. The highest BCUT2D eigenvalue weighted by molar-refractivity contribution is 5.77. The highest BCUT2D eigenvalue weighted by Gasteiger charge is 2.12. The zero-order valence-electron chi connectivity index (χ0n) is 15.0. The second kappa shape index (κ2) is 8.03. The van der Waals surface area contributed by atoms with Crippen LogP contribution in [0.25, 0.3) is 11.4 Å². The highest BCUT2D eigenvalue weighted by atomic mass is 16.5. The molecule has 0 unspecified atom stereocenters. The summed E-state index contributed by atoms with van der Waals surface area (Å²) in [5.74, 6) is 1.36. The van der Waals surface area contributed by atoms with Crippen molar-refractivity contribution >= 4 is 5.91 Å². The van der Waals surface area contributed by atoms with Crippen molar-refractivity contribution in [3.63, 3.8) is 0 Å². The van der Waals surface area contributed by atoms with E-state index in [2.05, 4.69) is 21.5 Å². The van der Waals surface area contributed by atoms with Gasteiger partial charge < -0.3 is 14.6 Å². The third-order valence-electron chi connectivity index (χ3n) is 4.63. The summed E-state index contributed by atoms with van der Waals surface area (Å²) in [4.78, 5) is 16.3. The van der Waals surface area contributed by atoms with Crippen LogP contribution in [-0.4, -0.2) is 22.7 Å². The number of nitrogens with one attached hydrogen (secondary N) is 1. The quantitative estimate of drug-likeness (QED) is 0.727. The first-order chi connectivity index (χ1) is 13.3. The van der Waals surface area contributed by atoms with Crippen molar-refractivity contribution in [2.75, 3.05) is 6.61 Å². The molecular formula is C21H21N3O3. The molecule has 6 heteroatoms. The van der Waals surface area contributed by atoms with Gasteiger partial charge in [0, 0.05) is 5.56 Å². The third kappa shape index (κ3) is 4.34. The Kier molecular flexibility index (Phi) is 5.14. The maximum atomic E-state index is 12.0. The maximum absolute atomic E-state index is 12.0. The van der Waals surface area contributed by atoms with Gasteiger partial charge in [0.2, 0.25) is 11.7 Å². The van der Waals surface area contributed by atoms with Gasteiger partial charge in [-0.25, -0.2) is 0 Å². The average Bonchev–Trinajstić information content (AvgIpc) is 3.20. The van der Waals surface area contributed by atoms with Crippen LogP contribution in [0.15, 0.2) is 53.1 Å². The van der Waals surface area contributed by atoms with Crippen LogP contribution in [0.3, 0.4) is 0 Å². The highest BCUT2D eigenvalue weighted by Crippen LogP contribution is 2.25. The smallest absolute Gasteiger partial charge is 0.258 e. The van der Waals surface area contributed by atoms with Crippen molar-refractivity contribution in [3.8, 4) is 17.1 Å². The van der Waals surface area contributed by atoms with Crippen molar-refractivity contribution in [1.29, 1.82) is 0 Å². The number of ether oxygens (including phenoxy) is 1. The minimum absolute atomic E-state index is 0.0432. The Bertz CT molecular complexity index is 921. The fourth-order valence-electron chi connectivity index (χ4n) is 3.20. The normalized spacial score (nSPS) is 13.0. The molecular weight excluding hydrogens is 342 g/mol. The predicted octanol–water partition coefficient (Wildman–Crippen LogP) is 3.31.